The molecule has 2 rings (SSSR count). The molecule has 0 radical (unpaired) electrons. The summed E-state index contributed by atoms with van der Waals surface area (Å²) < 4.78 is 1.89. The monoisotopic (exact) mass is 308 g/mol. The van der Waals surface area contributed by atoms with Gasteiger partial charge in [-0.15, -0.1) is 10.2 Å². The van der Waals surface area contributed by atoms with Gasteiger partial charge < -0.3 is 11.1 Å². The van der Waals surface area contributed by atoms with Gasteiger partial charge in [-0.25, -0.2) is 4.68 Å². The van der Waals surface area contributed by atoms with E-state index in [4.69, 9.17) is 5.73 Å². The summed E-state index contributed by atoms with van der Waals surface area (Å²) in [5, 5.41) is 15.9. The number of carbonyl (C=O) groups is 1. The maximum atomic E-state index is 12.1. The summed E-state index contributed by atoms with van der Waals surface area (Å²) in [4.78, 5) is 12.1. The van der Waals surface area contributed by atoms with Gasteiger partial charge in [-0.1, -0.05) is 25.2 Å². The van der Waals surface area contributed by atoms with Gasteiger partial charge >= 0.3 is 0 Å². The predicted molar refractivity (Wildman–Crippen MR) is 83.2 cm³/mol. The van der Waals surface area contributed by atoms with Crippen LogP contribution in [0.1, 0.15) is 43.4 Å². The van der Waals surface area contributed by atoms with E-state index in [0.29, 0.717) is 10.1 Å². The Morgan fingerprint density at radius 3 is 2.71 bits per heavy atom. The fraction of sp³-hybridized carbons (Fsp3) is 0.538. The lowest BCUT2D eigenvalue weighted by Gasteiger charge is -2.16. The molecule has 1 amide bonds. The molecule has 0 atom stereocenters. The molecule has 0 saturated carbocycles. The van der Waals surface area contributed by atoms with Crippen LogP contribution in [0.3, 0.4) is 0 Å². The van der Waals surface area contributed by atoms with Crippen molar-refractivity contribution in [2.45, 2.75) is 46.1 Å². The van der Waals surface area contributed by atoms with E-state index < -0.39 is 0 Å². The molecule has 114 valence electrons. The van der Waals surface area contributed by atoms with Crippen LogP contribution in [-0.4, -0.2) is 25.9 Å². The normalized spacial score (nSPS) is 11.0. The van der Waals surface area contributed by atoms with Gasteiger partial charge in [-0.3, -0.25) is 4.79 Å². The number of hydrogen-bond donors (Lipinski definition) is 2. The van der Waals surface area contributed by atoms with Gasteiger partial charge in [-0.05, 0) is 19.8 Å². The second kappa shape index (κ2) is 6.66. The van der Waals surface area contributed by atoms with Crippen LogP contribution in [0.5, 0.6) is 0 Å². The highest BCUT2D eigenvalue weighted by Gasteiger charge is 2.16. The summed E-state index contributed by atoms with van der Waals surface area (Å²) in [6, 6.07) is 2.16. The first-order chi connectivity index (χ1) is 10.0. The van der Waals surface area contributed by atoms with Crippen LogP contribution in [0.4, 0.5) is 10.9 Å². The zero-order chi connectivity index (χ0) is 15.4. The zero-order valence-corrected chi connectivity index (χ0v) is 13.3. The minimum Gasteiger partial charge on any atom is -0.374 e. The maximum absolute atomic E-state index is 12.1. The number of rotatable bonds is 6. The smallest absolute Gasteiger partial charge is 0.232 e. The van der Waals surface area contributed by atoms with Crippen LogP contribution in [-0.2, 0) is 11.2 Å². The summed E-state index contributed by atoms with van der Waals surface area (Å²) in [7, 11) is 0. The molecule has 2 heterocycles. The van der Waals surface area contributed by atoms with Crippen molar-refractivity contribution >= 4 is 28.2 Å². The van der Waals surface area contributed by atoms with E-state index in [1.807, 2.05) is 17.7 Å². The molecule has 2 aromatic rings. The van der Waals surface area contributed by atoms with E-state index in [0.717, 1.165) is 24.4 Å². The van der Waals surface area contributed by atoms with E-state index in [-0.39, 0.29) is 18.4 Å². The largest absolute Gasteiger partial charge is 0.374 e. The minimum atomic E-state index is -0.141. The van der Waals surface area contributed by atoms with E-state index in [2.05, 4.69) is 34.5 Å². The molecule has 0 aliphatic rings. The van der Waals surface area contributed by atoms with Gasteiger partial charge in [0.15, 0.2) is 0 Å². The van der Waals surface area contributed by atoms with Crippen molar-refractivity contribution in [3.05, 3.63) is 16.8 Å². The molecule has 7 nitrogen and oxygen atoms in total. The Morgan fingerprint density at radius 2 is 2.14 bits per heavy atom. The molecule has 2 aromatic heterocycles. The molecule has 0 saturated heterocycles. The summed E-state index contributed by atoms with van der Waals surface area (Å²) in [5.41, 5.74) is 6.40. The quantitative estimate of drug-likeness (QED) is 0.852. The molecular formula is C13H20N6OS. The average molecular weight is 308 g/mol. The van der Waals surface area contributed by atoms with Crippen LogP contribution in [0.25, 0.3) is 0 Å². The molecular weight excluding hydrogens is 288 g/mol. The van der Waals surface area contributed by atoms with Gasteiger partial charge in [0.1, 0.15) is 10.8 Å². The van der Waals surface area contributed by atoms with E-state index in [9.17, 15) is 4.79 Å². The second-order valence-electron chi connectivity index (χ2n) is 4.84. The Labute approximate surface area is 127 Å². The van der Waals surface area contributed by atoms with Gasteiger partial charge in [0.05, 0.1) is 18.2 Å². The summed E-state index contributed by atoms with van der Waals surface area (Å²) in [6.45, 7) is 6.14. The highest BCUT2D eigenvalue weighted by Crippen LogP contribution is 2.22. The molecule has 3 N–H and O–H groups in total. The Kier molecular flexibility index (Phi) is 4.89. The standard InChI is InChI=1S/C13H20N6OS/c1-4-9(5-2)19-10(6-8(3)18-19)15-11(20)7-12-16-17-13(14)21-12/h6,9H,4-5,7H2,1-3H3,(H2,14,17)(H,15,20). The Balaban J connectivity index is 2.10. The fourth-order valence-corrected chi connectivity index (χ4v) is 2.79. The van der Waals surface area contributed by atoms with E-state index in [1.165, 1.54) is 11.3 Å². The van der Waals surface area contributed by atoms with Crippen LogP contribution < -0.4 is 11.1 Å². The summed E-state index contributed by atoms with van der Waals surface area (Å²) in [6.07, 6.45) is 2.10. The molecule has 0 unspecified atom stereocenters. The SMILES string of the molecule is CCC(CC)n1nc(C)cc1NC(=O)Cc1nnc(N)s1. The van der Waals surface area contributed by atoms with E-state index >= 15 is 0 Å². The Morgan fingerprint density at radius 1 is 1.43 bits per heavy atom. The van der Waals surface area contributed by atoms with Crippen molar-refractivity contribution in [2.24, 2.45) is 0 Å². The molecule has 8 heteroatoms. The number of nitrogens with zero attached hydrogens (tertiary/aromatic N) is 4. The first-order valence-corrected chi connectivity index (χ1v) is 7.79. The maximum Gasteiger partial charge on any atom is 0.232 e. The molecule has 0 bridgehead atoms. The number of nitrogen functional groups attached to an aromatic ring is 1. The molecule has 0 fully saturated rings. The lowest BCUT2D eigenvalue weighted by molar-refractivity contribution is -0.115. The van der Waals surface area contributed by atoms with Gasteiger partial charge in [-0.2, -0.15) is 5.10 Å². The number of aromatic nitrogens is 4. The molecule has 21 heavy (non-hydrogen) atoms. The topological polar surface area (TPSA) is 98.7 Å². The van der Waals surface area contributed by atoms with E-state index in [1.54, 1.807) is 0 Å². The molecule has 0 aliphatic heterocycles. The highest BCUT2D eigenvalue weighted by atomic mass is 32.1. The van der Waals surface area contributed by atoms with Crippen molar-refractivity contribution in [2.75, 3.05) is 11.1 Å². The van der Waals surface area contributed by atoms with Crippen molar-refractivity contribution in [1.82, 2.24) is 20.0 Å². The van der Waals surface area contributed by atoms with Crippen LogP contribution in [0.2, 0.25) is 0 Å². The Hall–Kier alpha value is -1.96. The fourth-order valence-electron chi connectivity index (χ4n) is 2.19. The van der Waals surface area contributed by atoms with Gasteiger partial charge in [0.25, 0.3) is 0 Å². The lowest BCUT2D eigenvalue weighted by Crippen LogP contribution is -2.19. The van der Waals surface area contributed by atoms with Crippen LogP contribution in [0, 0.1) is 6.92 Å². The third kappa shape index (κ3) is 3.78. The molecule has 0 aromatic carbocycles. The Bertz CT molecular complexity index is 616. The van der Waals surface area contributed by atoms with Gasteiger partial charge in [0.2, 0.25) is 11.0 Å². The van der Waals surface area contributed by atoms with Crippen molar-refractivity contribution < 1.29 is 4.79 Å². The molecule has 0 spiro atoms. The lowest BCUT2D eigenvalue weighted by atomic mass is 10.2. The average Bonchev–Trinajstić information content (AvgIpc) is 2.98. The number of hydrogen-bond acceptors (Lipinski definition) is 6. The van der Waals surface area contributed by atoms with Crippen molar-refractivity contribution in [1.29, 1.82) is 0 Å². The van der Waals surface area contributed by atoms with Crippen LogP contribution in [0.15, 0.2) is 6.07 Å². The minimum absolute atomic E-state index is 0.141. The predicted octanol–water partition coefficient (Wildman–Crippen LogP) is 2.17. The number of amides is 1. The first kappa shape index (κ1) is 15.4. The number of nitrogens with two attached hydrogens (primary N) is 1. The van der Waals surface area contributed by atoms with Crippen LogP contribution >= 0.6 is 11.3 Å². The first-order valence-electron chi connectivity index (χ1n) is 6.97. The van der Waals surface area contributed by atoms with Crippen molar-refractivity contribution in [3.8, 4) is 0 Å². The number of carbonyl (C=O) groups excluding carboxylic acids is 1. The molecule has 0 aliphatic carbocycles. The second-order valence-corrected chi connectivity index (χ2v) is 5.94. The zero-order valence-electron chi connectivity index (χ0n) is 12.5. The third-order valence-corrected chi connectivity index (χ3v) is 3.96. The number of aryl methyl sites for hydroxylation is 1. The summed E-state index contributed by atoms with van der Waals surface area (Å²) in [5.74, 6) is 0.585. The number of nitrogens with one attached hydrogen (secondary N) is 1. The summed E-state index contributed by atoms with van der Waals surface area (Å²) >= 11 is 1.22. The van der Waals surface area contributed by atoms with Gasteiger partial charge in [0, 0.05) is 6.07 Å². The van der Waals surface area contributed by atoms with Crippen molar-refractivity contribution in [3.63, 3.8) is 0 Å². The number of anilines is 2. The highest BCUT2D eigenvalue weighted by molar-refractivity contribution is 7.15. The third-order valence-electron chi connectivity index (χ3n) is 3.21.